The SMILES string of the molecule is C=C.N.N.[NaH].[NaH].[SrH2]. The molecule has 0 saturated heterocycles. The molecule has 0 aliphatic rings. The van der Waals surface area contributed by atoms with Crippen molar-refractivity contribution in [1.29, 1.82) is 0 Å². The van der Waals surface area contributed by atoms with Gasteiger partial charge in [0.2, 0.25) is 0 Å². The summed E-state index contributed by atoms with van der Waals surface area (Å²) < 4.78 is 0. The second kappa shape index (κ2) is 61.4. The van der Waals surface area contributed by atoms with Crippen LogP contribution in [0.5, 0.6) is 0 Å². The summed E-state index contributed by atoms with van der Waals surface area (Å²) in [6.07, 6.45) is 0. The molecule has 0 rings (SSSR count). The van der Waals surface area contributed by atoms with E-state index in [4.69, 9.17) is 0 Å². The maximum absolute atomic E-state index is 3.00. The molecule has 7 heavy (non-hydrogen) atoms. The van der Waals surface area contributed by atoms with E-state index in [1.165, 1.54) is 0 Å². The number of hydrogen-bond donors (Lipinski definition) is 2. The van der Waals surface area contributed by atoms with E-state index in [1.54, 1.807) is 0 Å². The van der Waals surface area contributed by atoms with Crippen molar-refractivity contribution in [2.24, 2.45) is 0 Å². The van der Waals surface area contributed by atoms with Crippen molar-refractivity contribution < 1.29 is 0 Å². The molecule has 0 aromatic heterocycles. The van der Waals surface area contributed by atoms with E-state index in [2.05, 4.69) is 13.2 Å². The fourth-order valence-electron chi connectivity index (χ4n) is 0. The fourth-order valence-corrected chi connectivity index (χ4v) is 0. The Hall–Kier alpha value is 3.14. The van der Waals surface area contributed by atoms with Gasteiger partial charge in [-0.3, -0.25) is 0 Å². The zero-order chi connectivity index (χ0) is 2.00. The van der Waals surface area contributed by atoms with Crippen LogP contribution in [0.1, 0.15) is 0 Å². The first-order valence-corrected chi connectivity index (χ1v) is 0.500. The van der Waals surface area contributed by atoms with Crippen LogP contribution >= 0.6 is 0 Å². The van der Waals surface area contributed by atoms with Gasteiger partial charge in [0.15, 0.2) is 0 Å². The Bertz CT molecular complexity index is 13.7. The first-order chi connectivity index (χ1) is 1.00. The minimum atomic E-state index is 0. The first-order valence-electron chi connectivity index (χ1n) is 0.500. The van der Waals surface area contributed by atoms with Crippen LogP contribution < -0.4 is 12.3 Å². The van der Waals surface area contributed by atoms with E-state index in [9.17, 15) is 0 Å². The zero-order valence-electron chi connectivity index (χ0n) is 2.83. The van der Waals surface area contributed by atoms with Gasteiger partial charge in [0, 0.05) is 0 Å². The van der Waals surface area contributed by atoms with Crippen molar-refractivity contribution in [3.05, 3.63) is 13.2 Å². The molecule has 5 heteroatoms. The number of rotatable bonds is 0. The quantitative estimate of drug-likeness (QED) is 0.385. The Morgan fingerprint density at radius 3 is 0.714 bits per heavy atom. The molecule has 0 heterocycles. The standard InChI is InChI=1S/C2H4.2H3N.2Na.Sr.4H/c1-2;;;;;;;;;/h1-2H2;2*1H3;;;;;;;. The molecule has 0 aliphatic heterocycles. The van der Waals surface area contributed by atoms with Gasteiger partial charge in [0.1, 0.15) is 0 Å². The van der Waals surface area contributed by atoms with Gasteiger partial charge in [-0.1, -0.05) is 0 Å². The molecule has 0 bridgehead atoms. The predicted molar refractivity (Wildman–Crippen MR) is 44.1 cm³/mol. The summed E-state index contributed by atoms with van der Waals surface area (Å²) in [5, 5.41) is 0. The van der Waals surface area contributed by atoms with E-state index in [-0.39, 0.29) is 117 Å². The van der Waals surface area contributed by atoms with Gasteiger partial charge in [-0.05, 0) is 0 Å². The molecular weight excluding hydrogens is 186 g/mol. The molecular formula is C2H14N2Na2Sr. The molecule has 36 valence electrons. The monoisotopic (exact) mass is 200 g/mol. The topological polar surface area (TPSA) is 70.0 Å². The molecule has 0 radical (unpaired) electrons. The van der Waals surface area contributed by atoms with E-state index in [0.29, 0.717) is 0 Å². The van der Waals surface area contributed by atoms with Crippen molar-refractivity contribution in [1.82, 2.24) is 12.3 Å². The first kappa shape index (κ1) is 49.4. The molecule has 2 nitrogen and oxygen atoms in total. The summed E-state index contributed by atoms with van der Waals surface area (Å²) in [4.78, 5) is 0. The molecule has 0 spiro atoms. The van der Waals surface area contributed by atoms with Crippen LogP contribution in [0.2, 0.25) is 0 Å². The maximum atomic E-state index is 3.00. The van der Waals surface area contributed by atoms with Gasteiger partial charge >= 0.3 is 105 Å². The van der Waals surface area contributed by atoms with Gasteiger partial charge in [-0.25, -0.2) is 0 Å². The molecule has 0 saturated carbocycles. The van der Waals surface area contributed by atoms with Gasteiger partial charge in [-0.2, -0.15) is 0 Å². The van der Waals surface area contributed by atoms with Crippen LogP contribution in [0.25, 0.3) is 0 Å². The molecule has 0 fully saturated rings. The molecule has 0 aliphatic carbocycles. The second-order valence-corrected chi connectivity index (χ2v) is 0. The average molecular weight is 200 g/mol. The fraction of sp³-hybridized carbons (Fsp3) is 0. The summed E-state index contributed by atoms with van der Waals surface area (Å²) in [5.41, 5.74) is 0. The van der Waals surface area contributed by atoms with E-state index < -0.39 is 0 Å². The van der Waals surface area contributed by atoms with Crippen LogP contribution in [0.4, 0.5) is 0 Å². The number of hydrogen-bond acceptors (Lipinski definition) is 2. The Kier molecular flexibility index (Phi) is 434. The van der Waals surface area contributed by atoms with Gasteiger partial charge in [0.05, 0.1) is 0 Å². The van der Waals surface area contributed by atoms with Crippen molar-refractivity contribution in [2.45, 2.75) is 0 Å². The van der Waals surface area contributed by atoms with Crippen LogP contribution in [-0.4, -0.2) is 105 Å². The Balaban J connectivity index is -0.000000000500. The summed E-state index contributed by atoms with van der Waals surface area (Å²) >= 11 is 0. The van der Waals surface area contributed by atoms with Crippen molar-refractivity contribution >= 4 is 105 Å². The van der Waals surface area contributed by atoms with Crippen LogP contribution in [0.3, 0.4) is 0 Å². The van der Waals surface area contributed by atoms with Gasteiger partial charge in [-0.15, -0.1) is 13.2 Å². The van der Waals surface area contributed by atoms with Crippen molar-refractivity contribution in [3.63, 3.8) is 0 Å². The van der Waals surface area contributed by atoms with E-state index >= 15 is 0 Å². The third kappa shape index (κ3) is 47.3. The zero-order valence-corrected chi connectivity index (χ0v) is 2.83. The van der Waals surface area contributed by atoms with Gasteiger partial charge in [0.25, 0.3) is 0 Å². The van der Waals surface area contributed by atoms with Crippen LogP contribution in [0.15, 0.2) is 13.2 Å². The molecule has 0 atom stereocenters. The van der Waals surface area contributed by atoms with E-state index in [0.717, 1.165) is 0 Å². The summed E-state index contributed by atoms with van der Waals surface area (Å²) in [6, 6.07) is 0. The summed E-state index contributed by atoms with van der Waals surface area (Å²) in [5.74, 6) is 0. The van der Waals surface area contributed by atoms with Crippen molar-refractivity contribution in [3.8, 4) is 0 Å². The predicted octanol–water partition coefficient (Wildman–Crippen LogP) is -1.09. The van der Waals surface area contributed by atoms with Crippen molar-refractivity contribution in [2.75, 3.05) is 0 Å². The molecule has 0 aromatic rings. The Morgan fingerprint density at radius 2 is 0.714 bits per heavy atom. The van der Waals surface area contributed by atoms with Crippen LogP contribution in [0, 0.1) is 0 Å². The van der Waals surface area contributed by atoms with Gasteiger partial charge < -0.3 is 12.3 Å². The third-order valence-corrected chi connectivity index (χ3v) is 0. The molecule has 0 unspecified atom stereocenters. The molecule has 0 aromatic carbocycles. The summed E-state index contributed by atoms with van der Waals surface area (Å²) in [7, 11) is 0. The average Bonchev–Trinajstić information content (AvgIpc) is 1.00. The minimum absolute atomic E-state index is 0. The second-order valence-electron chi connectivity index (χ2n) is 0. The summed E-state index contributed by atoms with van der Waals surface area (Å²) in [6.45, 7) is 6.00. The third-order valence-electron chi connectivity index (χ3n) is 0. The molecule has 0 amide bonds. The van der Waals surface area contributed by atoms with E-state index in [1.807, 2.05) is 0 Å². The normalized spacial score (nSPS) is 0.571. The Labute approximate surface area is 127 Å². The molecule has 6 N–H and O–H groups in total. The van der Waals surface area contributed by atoms with Crippen LogP contribution in [-0.2, 0) is 0 Å². The Morgan fingerprint density at radius 1 is 0.714 bits per heavy atom.